The van der Waals surface area contributed by atoms with Crippen molar-refractivity contribution in [2.45, 2.75) is 25.3 Å². The van der Waals surface area contributed by atoms with Crippen LogP contribution in [0, 0.1) is 0 Å². The summed E-state index contributed by atoms with van der Waals surface area (Å²) in [4.78, 5) is 16.5. The molecule has 2 heterocycles. The maximum absolute atomic E-state index is 12.5. The van der Waals surface area contributed by atoms with E-state index in [1.54, 1.807) is 18.8 Å². The van der Waals surface area contributed by atoms with Crippen LogP contribution in [0.5, 0.6) is 0 Å². The van der Waals surface area contributed by atoms with Crippen LogP contribution in [-0.4, -0.2) is 15.5 Å². The molecule has 4 rings (SSSR count). The zero-order valence-corrected chi connectivity index (χ0v) is 12.6. The first-order valence-corrected chi connectivity index (χ1v) is 7.77. The van der Waals surface area contributed by atoms with E-state index in [9.17, 15) is 4.79 Å². The summed E-state index contributed by atoms with van der Waals surface area (Å²) in [6, 6.07) is 9.51. The first-order valence-electron chi connectivity index (χ1n) is 7.77. The van der Waals surface area contributed by atoms with Gasteiger partial charge in [-0.25, -0.2) is 4.98 Å². The number of hydrogen-bond donors (Lipinski definition) is 1. The number of carbonyl (C=O) groups excluding carboxylic acids is 1. The van der Waals surface area contributed by atoms with Crippen molar-refractivity contribution >= 4 is 5.91 Å². The van der Waals surface area contributed by atoms with Crippen LogP contribution in [0.2, 0.25) is 0 Å². The van der Waals surface area contributed by atoms with Crippen molar-refractivity contribution in [1.29, 1.82) is 0 Å². The lowest BCUT2D eigenvalue weighted by Crippen LogP contribution is -2.30. The van der Waals surface area contributed by atoms with Crippen molar-refractivity contribution < 1.29 is 9.21 Å². The van der Waals surface area contributed by atoms with Gasteiger partial charge < -0.3 is 14.3 Å². The second-order valence-corrected chi connectivity index (χ2v) is 5.73. The molecule has 1 atom stereocenters. The SMILES string of the molecule is O=C(NC1CCCc2occc21)c1ccc(-n2ccnc2)cc1. The van der Waals surface area contributed by atoms with Crippen molar-refractivity contribution in [2.24, 2.45) is 0 Å². The van der Waals surface area contributed by atoms with E-state index in [0.717, 1.165) is 36.3 Å². The predicted molar refractivity (Wildman–Crippen MR) is 85.4 cm³/mol. The number of hydrogen-bond acceptors (Lipinski definition) is 3. The van der Waals surface area contributed by atoms with Crippen molar-refractivity contribution in [3.05, 3.63) is 72.2 Å². The smallest absolute Gasteiger partial charge is 0.251 e. The highest BCUT2D eigenvalue weighted by Gasteiger charge is 2.24. The van der Waals surface area contributed by atoms with E-state index < -0.39 is 0 Å². The van der Waals surface area contributed by atoms with Gasteiger partial charge in [0.05, 0.1) is 18.6 Å². The number of benzene rings is 1. The molecule has 1 amide bonds. The minimum absolute atomic E-state index is 0.0401. The van der Waals surface area contributed by atoms with Gasteiger partial charge in [-0.05, 0) is 43.2 Å². The molecule has 23 heavy (non-hydrogen) atoms. The Morgan fingerprint density at radius 1 is 1.26 bits per heavy atom. The topological polar surface area (TPSA) is 60.1 Å². The first-order chi connectivity index (χ1) is 11.3. The van der Waals surface area contributed by atoms with Gasteiger partial charge in [0.25, 0.3) is 5.91 Å². The van der Waals surface area contributed by atoms with Crippen molar-refractivity contribution in [3.63, 3.8) is 0 Å². The second kappa shape index (κ2) is 5.76. The molecule has 116 valence electrons. The van der Waals surface area contributed by atoms with Crippen LogP contribution in [0.4, 0.5) is 0 Å². The molecule has 1 N–H and O–H groups in total. The normalized spacial score (nSPS) is 16.8. The van der Waals surface area contributed by atoms with Crippen LogP contribution in [0.3, 0.4) is 0 Å². The van der Waals surface area contributed by atoms with Gasteiger partial charge >= 0.3 is 0 Å². The average Bonchev–Trinajstić information content (AvgIpc) is 3.27. The maximum atomic E-state index is 12.5. The molecule has 1 aromatic carbocycles. The van der Waals surface area contributed by atoms with Gasteiger partial charge in [-0.15, -0.1) is 0 Å². The number of imidazole rings is 1. The lowest BCUT2D eigenvalue weighted by molar-refractivity contribution is 0.0932. The Labute approximate surface area is 134 Å². The minimum Gasteiger partial charge on any atom is -0.469 e. The third-order valence-corrected chi connectivity index (χ3v) is 4.29. The molecule has 0 bridgehead atoms. The Balaban J connectivity index is 1.50. The summed E-state index contributed by atoms with van der Waals surface area (Å²) in [6.45, 7) is 0. The average molecular weight is 307 g/mol. The fraction of sp³-hybridized carbons (Fsp3) is 0.222. The molecule has 0 saturated heterocycles. The summed E-state index contributed by atoms with van der Waals surface area (Å²) in [7, 11) is 0. The highest BCUT2D eigenvalue weighted by Crippen LogP contribution is 2.30. The van der Waals surface area contributed by atoms with Gasteiger partial charge in [0.15, 0.2) is 0 Å². The second-order valence-electron chi connectivity index (χ2n) is 5.73. The highest BCUT2D eigenvalue weighted by atomic mass is 16.3. The standard InChI is InChI=1S/C18H17N3O2/c22-18(20-16-2-1-3-17-15(16)8-11-23-17)13-4-6-14(7-5-13)21-10-9-19-12-21/h4-12,16H,1-3H2,(H,20,22). The largest absolute Gasteiger partial charge is 0.469 e. The molecule has 0 spiro atoms. The molecule has 0 fully saturated rings. The van der Waals surface area contributed by atoms with Crippen LogP contribution in [0.1, 0.15) is 40.6 Å². The molecule has 5 heteroatoms. The first kappa shape index (κ1) is 13.8. The lowest BCUT2D eigenvalue weighted by Gasteiger charge is -2.22. The zero-order valence-electron chi connectivity index (χ0n) is 12.6. The van der Waals surface area contributed by atoms with Gasteiger partial charge in [0, 0.05) is 35.6 Å². The van der Waals surface area contributed by atoms with E-state index in [4.69, 9.17) is 4.42 Å². The van der Waals surface area contributed by atoms with Crippen molar-refractivity contribution in [2.75, 3.05) is 0 Å². The monoisotopic (exact) mass is 307 g/mol. The lowest BCUT2D eigenvalue weighted by atomic mass is 9.93. The van der Waals surface area contributed by atoms with Crippen LogP contribution in [0.15, 0.2) is 59.7 Å². The van der Waals surface area contributed by atoms with Gasteiger partial charge in [-0.2, -0.15) is 0 Å². The Bertz CT molecular complexity index is 803. The van der Waals surface area contributed by atoms with Crippen LogP contribution in [0.25, 0.3) is 5.69 Å². The molecular formula is C18H17N3O2. The van der Waals surface area contributed by atoms with Gasteiger partial charge in [0.1, 0.15) is 5.76 Å². The van der Waals surface area contributed by atoms with E-state index in [2.05, 4.69) is 10.3 Å². The van der Waals surface area contributed by atoms with Crippen molar-refractivity contribution in [1.82, 2.24) is 14.9 Å². The Morgan fingerprint density at radius 2 is 2.13 bits per heavy atom. The van der Waals surface area contributed by atoms with Crippen LogP contribution < -0.4 is 5.32 Å². The number of furan rings is 1. The van der Waals surface area contributed by atoms with Crippen molar-refractivity contribution in [3.8, 4) is 5.69 Å². The number of aryl methyl sites for hydroxylation is 1. The van der Waals surface area contributed by atoms with Gasteiger partial charge in [-0.3, -0.25) is 4.79 Å². The van der Waals surface area contributed by atoms with Gasteiger partial charge in [-0.1, -0.05) is 0 Å². The fourth-order valence-electron chi connectivity index (χ4n) is 3.07. The molecule has 3 aromatic rings. The van der Waals surface area contributed by atoms with Gasteiger partial charge in [0.2, 0.25) is 0 Å². The predicted octanol–water partition coefficient (Wildman–Crippen LogP) is 3.27. The number of carbonyl (C=O) groups is 1. The fourth-order valence-corrected chi connectivity index (χ4v) is 3.07. The van der Waals surface area contributed by atoms with E-state index in [-0.39, 0.29) is 11.9 Å². The summed E-state index contributed by atoms with van der Waals surface area (Å²) in [5.74, 6) is 0.943. The zero-order chi connectivity index (χ0) is 15.6. The number of amides is 1. The van der Waals surface area contributed by atoms with E-state index in [0.29, 0.717) is 5.56 Å². The summed E-state index contributed by atoms with van der Waals surface area (Å²) < 4.78 is 7.37. The molecule has 5 nitrogen and oxygen atoms in total. The third kappa shape index (κ3) is 2.65. The number of aromatic nitrogens is 2. The van der Waals surface area contributed by atoms with E-state index in [1.807, 2.05) is 41.1 Å². The summed E-state index contributed by atoms with van der Waals surface area (Å²) in [5.41, 5.74) is 2.75. The quantitative estimate of drug-likeness (QED) is 0.808. The molecule has 2 aromatic heterocycles. The molecule has 1 aliphatic rings. The van der Waals surface area contributed by atoms with Crippen LogP contribution in [-0.2, 0) is 6.42 Å². The number of nitrogens with zero attached hydrogens (tertiary/aromatic N) is 2. The number of rotatable bonds is 3. The summed E-state index contributed by atoms with van der Waals surface area (Å²) in [5, 5.41) is 3.11. The Morgan fingerprint density at radius 3 is 2.91 bits per heavy atom. The maximum Gasteiger partial charge on any atom is 0.251 e. The Hall–Kier alpha value is -2.82. The Kier molecular flexibility index (Phi) is 3.46. The summed E-state index contributed by atoms with van der Waals surface area (Å²) >= 11 is 0. The van der Waals surface area contributed by atoms with E-state index >= 15 is 0 Å². The minimum atomic E-state index is -0.0544. The third-order valence-electron chi connectivity index (χ3n) is 4.29. The van der Waals surface area contributed by atoms with Crippen LogP contribution >= 0.6 is 0 Å². The molecule has 0 saturated carbocycles. The molecule has 0 radical (unpaired) electrons. The molecule has 0 aliphatic heterocycles. The number of nitrogens with one attached hydrogen (secondary N) is 1. The molecular weight excluding hydrogens is 290 g/mol. The summed E-state index contributed by atoms with van der Waals surface area (Å²) in [6.07, 6.45) is 9.97. The number of fused-ring (bicyclic) bond motifs is 1. The molecule has 1 unspecified atom stereocenters. The molecule has 1 aliphatic carbocycles. The highest BCUT2D eigenvalue weighted by molar-refractivity contribution is 5.94. The van der Waals surface area contributed by atoms with E-state index in [1.165, 1.54) is 0 Å².